The molecule has 1 aromatic carbocycles. The Morgan fingerprint density at radius 2 is 1.77 bits per heavy atom. The first-order valence-corrected chi connectivity index (χ1v) is 8.98. The van der Waals surface area contributed by atoms with Gasteiger partial charge >= 0.3 is 0 Å². The summed E-state index contributed by atoms with van der Waals surface area (Å²) in [6.45, 7) is 0.618. The van der Waals surface area contributed by atoms with Gasteiger partial charge in [-0.1, -0.05) is 31.0 Å². The van der Waals surface area contributed by atoms with Gasteiger partial charge in [-0.3, -0.25) is 14.6 Å². The number of amides is 2. The van der Waals surface area contributed by atoms with E-state index in [1.54, 1.807) is 26.0 Å². The van der Waals surface area contributed by atoms with E-state index in [0.29, 0.717) is 12.5 Å². The minimum Gasteiger partial charge on any atom is -0.355 e. The van der Waals surface area contributed by atoms with Gasteiger partial charge in [0.05, 0.1) is 12.0 Å². The van der Waals surface area contributed by atoms with Crippen LogP contribution in [0, 0.1) is 5.41 Å². The van der Waals surface area contributed by atoms with Crippen molar-refractivity contribution >= 4 is 23.5 Å². The summed E-state index contributed by atoms with van der Waals surface area (Å²) in [6.07, 6.45) is 3.88. The molecule has 1 fully saturated rings. The molecule has 0 radical (unpaired) electrons. The van der Waals surface area contributed by atoms with Crippen molar-refractivity contribution in [2.24, 2.45) is 10.4 Å². The topological polar surface area (TPSA) is 85.8 Å². The molecule has 0 aromatic heterocycles. The van der Waals surface area contributed by atoms with Crippen LogP contribution in [0.2, 0.25) is 0 Å². The second-order valence-electron chi connectivity index (χ2n) is 6.88. The van der Waals surface area contributed by atoms with Crippen molar-refractivity contribution in [3.05, 3.63) is 30.3 Å². The Hall–Kier alpha value is -2.57. The molecule has 0 heterocycles. The smallest absolute Gasteiger partial charge is 0.243 e. The molecule has 7 heteroatoms. The number of carbonyl (C=O) groups excluding carboxylic acids is 2. The molecule has 1 aromatic rings. The number of hydrogen-bond donors (Lipinski definition) is 3. The van der Waals surface area contributed by atoms with E-state index < -0.39 is 0 Å². The van der Waals surface area contributed by atoms with Gasteiger partial charge in [0.1, 0.15) is 0 Å². The normalized spacial score (nSPS) is 16.0. The first-order valence-electron chi connectivity index (χ1n) is 8.98. The van der Waals surface area contributed by atoms with Crippen molar-refractivity contribution < 1.29 is 9.59 Å². The largest absolute Gasteiger partial charge is 0.355 e. The maximum absolute atomic E-state index is 12.6. The summed E-state index contributed by atoms with van der Waals surface area (Å²) in [6, 6.07) is 9.30. The van der Waals surface area contributed by atoms with E-state index in [1.807, 2.05) is 30.3 Å². The van der Waals surface area contributed by atoms with E-state index in [4.69, 9.17) is 0 Å². The summed E-state index contributed by atoms with van der Waals surface area (Å²) in [4.78, 5) is 30.5. The van der Waals surface area contributed by atoms with E-state index in [2.05, 4.69) is 20.9 Å². The Morgan fingerprint density at radius 3 is 2.35 bits per heavy atom. The van der Waals surface area contributed by atoms with Crippen LogP contribution in [0.3, 0.4) is 0 Å². The molecule has 3 N–H and O–H groups in total. The van der Waals surface area contributed by atoms with Crippen molar-refractivity contribution in [1.82, 2.24) is 15.5 Å². The van der Waals surface area contributed by atoms with Crippen molar-refractivity contribution in [3.8, 4) is 0 Å². The highest BCUT2D eigenvalue weighted by Crippen LogP contribution is 2.38. The van der Waals surface area contributed by atoms with E-state index in [1.165, 1.54) is 0 Å². The SMILES string of the molecule is CN=C(NCC(=O)Nc1ccccc1)NCC1(C(=O)N(C)C)CCCC1. The highest BCUT2D eigenvalue weighted by atomic mass is 16.2. The molecule has 26 heavy (non-hydrogen) atoms. The molecule has 0 aliphatic heterocycles. The molecular weight excluding hydrogens is 330 g/mol. The number of guanidine groups is 1. The molecule has 2 rings (SSSR count). The van der Waals surface area contributed by atoms with E-state index in [-0.39, 0.29) is 23.8 Å². The third-order valence-corrected chi connectivity index (χ3v) is 4.71. The number of rotatable bonds is 6. The van der Waals surface area contributed by atoms with Gasteiger partial charge < -0.3 is 20.9 Å². The van der Waals surface area contributed by atoms with Gasteiger partial charge in [-0.15, -0.1) is 0 Å². The third-order valence-electron chi connectivity index (χ3n) is 4.71. The lowest BCUT2D eigenvalue weighted by Gasteiger charge is -2.31. The van der Waals surface area contributed by atoms with E-state index >= 15 is 0 Å². The highest BCUT2D eigenvalue weighted by molar-refractivity contribution is 5.95. The maximum atomic E-state index is 12.6. The molecule has 142 valence electrons. The maximum Gasteiger partial charge on any atom is 0.243 e. The van der Waals surface area contributed by atoms with Gasteiger partial charge in [0.2, 0.25) is 11.8 Å². The van der Waals surface area contributed by atoms with Crippen LogP contribution < -0.4 is 16.0 Å². The van der Waals surface area contributed by atoms with E-state index in [0.717, 1.165) is 31.4 Å². The lowest BCUT2D eigenvalue weighted by molar-refractivity contribution is -0.138. The molecule has 2 amide bonds. The molecule has 1 aliphatic carbocycles. The first-order chi connectivity index (χ1) is 12.5. The second kappa shape index (κ2) is 9.22. The van der Waals surface area contributed by atoms with Crippen LogP contribution >= 0.6 is 0 Å². The lowest BCUT2D eigenvalue weighted by atomic mass is 9.84. The number of carbonyl (C=O) groups is 2. The Bertz CT molecular complexity index is 637. The number of hydrogen-bond acceptors (Lipinski definition) is 3. The standard InChI is InChI=1S/C19H29N5O2/c1-20-18(21-13-16(25)23-15-9-5-4-6-10-15)22-14-19(11-7-8-12-19)17(26)24(2)3/h4-6,9-10H,7-8,11-14H2,1-3H3,(H,23,25)(H2,20,21,22). The molecule has 1 aliphatic rings. The Morgan fingerprint density at radius 1 is 1.12 bits per heavy atom. The minimum atomic E-state index is -0.382. The van der Waals surface area contributed by atoms with Crippen molar-refractivity contribution in [2.75, 3.05) is 39.5 Å². The van der Waals surface area contributed by atoms with Crippen LogP contribution in [0.4, 0.5) is 5.69 Å². The van der Waals surface area contributed by atoms with Gasteiger partial charge in [-0.25, -0.2) is 0 Å². The third kappa shape index (κ3) is 5.21. The fourth-order valence-electron chi connectivity index (χ4n) is 3.36. The van der Waals surface area contributed by atoms with Gasteiger partial charge in [0, 0.05) is 33.4 Å². The van der Waals surface area contributed by atoms with Gasteiger partial charge in [-0.2, -0.15) is 0 Å². The number of benzene rings is 1. The molecule has 0 spiro atoms. The number of anilines is 1. The Labute approximate surface area is 155 Å². The number of nitrogens with zero attached hydrogens (tertiary/aromatic N) is 2. The minimum absolute atomic E-state index is 0.100. The average molecular weight is 359 g/mol. The number of aliphatic imine (C=N–C) groups is 1. The molecule has 0 unspecified atom stereocenters. The predicted molar refractivity (Wildman–Crippen MR) is 104 cm³/mol. The van der Waals surface area contributed by atoms with Crippen molar-refractivity contribution in [3.63, 3.8) is 0 Å². The molecule has 0 bridgehead atoms. The van der Waals surface area contributed by atoms with Crippen LogP contribution in [0.15, 0.2) is 35.3 Å². The zero-order valence-electron chi connectivity index (χ0n) is 15.8. The van der Waals surface area contributed by atoms with Crippen LogP contribution in [-0.4, -0.2) is 56.9 Å². The summed E-state index contributed by atoms with van der Waals surface area (Å²) < 4.78 is 0. The van der Waals surface area contributed by atoms with Crippen molar-refractivity contribution in [1.29, 1.82) is 0 Å². The van der Waals surface area contributed by atoms with Crippen molar-refractivity contribution in [2.45, 2.75) is 25.7 Å². The summed E-state index contributed by atoms with van der Waals surface area (Å²) in [5.74, 6) is 0.518. The molecule has 1 saturated carbocycles. The van der Waals surface area contributed by atoms with Crippen LogP contribution in [-0.2, 0) is 9.59 Å². The van der Waals surface area contributed by atoms with Crippen LogP contribution in [0.25, 0.3) is 0 Å². The second-order valence-corrected chi connectivity index (χ2v) is 6.88. The molecule has 0 saturated heterocycles. The fraction of sp³-hybridized carbons (Fsp3) is 0.526. The summed E-state index contributed by atoms with van der Waals surface area (Å²) >= 11 is 0. The molecule has 0 atom stereocenters. The zero-order chi connectivity index (χ0) is 19.0. The van der Waals surface area contributed by atoms with Gasteiger partial charge in [-0.05, 0) is 25.0 Å². The quantitative estimate of drug-likeness (QED) is 0.530. The Kier molecular flexibility index (Phi) is 7.00. The van der Waals surface area contributed by atoms with E-state index in [9.17, 15) is 9.59 Å². The predicted octanol–water partition coefficient (Wildman–Crippen LogP) is 1.44. The fourth-order valence-corrected chi connectivity index (χ4v) is 3.36. The molecule has 7 nitrogen and oxygen atoms in total. The van der Waals surface area contributed by atoms with Crippen LogP contribution in [0.1, 0.15) is 25.7 Å². The van der Waals surface area contributed by atoms with Crippen LogP contribution in [0.5, 0.6) is 0 Å². The lowest BCUT2D eigenvalue weighted by Crippen LogP contribution is -2.50. The molecular formula is C19H29N5O2. The first kappa shape index (κ1) is 19.8. The van der Waals surface area contributed by atoms with Gasteiger partial charge in [0.15, 0.2) is 5.96 Å². The summed E-state index contributed by atoms with van der Waals surface area (Å²) in [5, 5.41) is 9.03. The zero-order valence-corrected chi connectivity index (χ0v) is 15.8. The Balaban J connectivity index is 1.85. The van der Waals surface area contributed by atoms with Gasteiger partial charge in [0.25, 0.3) is 0 Å². The number of nitrogens with one attached hydrogen (secondary N) is 3. The number of para-hydroxylation sites is 1. The monoisotopic (exact) mass is 359 g/mol. The highest BCUT2D eigenvalue weighted by Gasteiger charge is 2.42. The summed E-state index contributed by atoms with van der Waals surface area (Å²) in [7, 11) is 5.24. The summed E-state index contributed by atoms with van der Waals surface area (Å²) in [5.41, 5.74) is 0.372. The average Bonchev–Trinajstić information content (AvgIpc) is 3.12.